The van der Waals surface area contributed by atoms with E-state index in [1.165, 1.54) is 4.67 Å². The van der Waals surface area contributed by atoms with Crippen LogP contribution < -0.4 is 0 Å². The van der Waals surface area contributed by atoms with Gasteiger partial charge in [-0.1, -0.05) is 0 Å². The molecule has 0 aliphatic heterocycles. The molecule has 6 heteroatoms. The lowest BCUT2D eigenvalue weighted by molar-refractivity contribution is 0.212. The molecule has 0 saturated carbocycles. The van der Waals surface area contributed by atoms with Crippen LogP contribution in [-0.4, -0.2) is 26.5 Å². The molecule has 4 nitrogen and oxygen atoms in total. The number of hydrogen-bond donors (Lipinski definition) is 2. The van der Waals surface area contributed by atoms with Crippen molar-refractivity contribution < 1.29 is 14.4 Å². The first-order valence-electron chi connectivity index (χ1n) is 3.61. The van der Waals surface area contributed by atoms with Crippen LogP contribution in [0.5, 0.6) is 0 Å². The maximum absolute atomic E-state index is 10.8. The molecule has 0 heterocycles. The molecule has 0 aromatic heterocycles. The zero-order valence-corrected chi connectivity index (χ0v) is 9.47. The van der Waals surface area contributed by atoms with Gasteiger partial charge in [0.2, 0.25) is 0 Å². The topological polar surface area (TPSA) is 60.8 Å². The molecular formula is C6H17ClNO3P. The van der Waals surface area contributed by atoms with E-state index >= 15 is 0 Å². The van der Waals surface area contributed by atoms with Gasteiger partial charge in [-0.15, -0.1) is 12.4 Å². The zero-order chi connectivity index (χ0) is 9.23. The molecule has 0 aliphatic rings. The first kappa shape index (κ1) is 14.9. The molecule has 2 N–H and O–H groups in total. The van der Waals surface area contributed by atoms with Crippen molar-refractivity contribution in [1.82, 2.24) is 4.67 Å². The van der Waals surface area contributed by atoms with Crippen LogP contribution in [0, 0.1) is 0 Å². The lowest BCUT2D eigenvalue weighted by atomic mass is 10.3. The zero-order valence-electron chi connectivity index (χ0n) is 7.76. The summed E-state index contributed by atoms with van der Waals surface area (Å²) in [4.78, 5) is 17.7. The Kier molecular flexibility index (Phi) is 6.46. The molecule has 76 valence electrons. The van der Waals surface area contributed by atoms with Crippen molar-refractivity contribution in [2.24, 2.45) is 0 Å². The van der Waals surface area contributed by atoms with Crippen molar-refractivity contribution in [3.8, 4) is 0 Å². The molecule has 0 bridgehead atoms. The van der Waals surface area contributed by atoms with Crippen molar-refractivity contribution in [3.05, 3.63) is 0 Å². The third kappa shape index (κ3) is 4.43. The minimum absolute atomic E-state index is 0. The van der Waals surface area contributed by atoms with Crippen LogP contribution in [-0.2, 0) is 4.57 Å². The van der Waals surface area contributed by atoms with Crippen LogP contribution in [0.2, 0.25) is 0 Å². The van der Waals surface area contributed by atoms with Crippen molar-refractivity contribution in [2.45, 2.75) is 39.8 Å². The molecule has 12 heavy (non-hydrogen) atoms. The molecule has 0 aliphatic carbocycles. The SMILES string of the molecule is CC(C)N(C(C)C)P(=O)(O)O.Cl. The van der Waals surface area contributed by atoms with E-state index in [0.29, 0.717) is 0 Å². The first-order chi connectivity index (χ1) is 4.76. The summed E-state index contributed by atoms with van der Waals surface area (Å²) in [7, 11) is -4.05. The Labute approximate surface area is 79.6 Å². The van der Waals surface area contributed by atoms with Crippen LogP contribution in [0.3, 0.4) is 0 Å². The molecule has 0 fully saturated rings. The van der Waals surface area contributed by atoms with Crippen molar-refractivity contribution in [1.29, 1.82) is 0 Å². The van der Waals surface area contributed by atoms with E-state index in [9.17, 15) is 4.57 Å². The second-order valence-corrected chi connectivity index (χ2v) is 4.57. The fourth-order valence-electron chi connectivity index (χ4n) is 1.20. The molecule has 0 aromatic carbocycles. The Hall–Kier alpha value is 0.400. The molecular weight excluding hydrogens is 200 g/mol. The number of halogens is 1. The quantitative estimate of drug-likeness (QED) is 0.706. The van der Waals surface area contributed by atoms with Gasteiger partial charge >= 0.3 is 7.75 Å². The van der Waals surface area contributed by atoms with Crippen LogP contribution >= 0.6 is 20.2 Å². The predicted octanol–water partition coefficient (Wildman–Crippen LogP) is 1.62. The van der Waals surface area contributed by atoms with Gasteiger partial charge < -0.3 is 9.79 Å². The molecule has 0 radical (unpaired) electrons. The van der Waals surface area contributed by atoms with Crippen LogP contribution in [0.4, 0.5) is 0 Å². The molecule has 0 amide bonds. The van der Waals surface area contributed by atoms with Crippen molar-refractivity contribution in [3.63, 3.8) is 0 Å². The Bertz CT molecular complexity index is 160. The van der Waals surface area contributed by atoms with E-state index in [1.54, 1.807) is 27.7 Å². The molecule has 0 spiro atoms. The van der Waals surface area contributed by atoms with E-state index in [2.05, 4.69) is 0 Å². The predicted molar refractivity (Wildman–Crippen MR) is 51.4 cm³/mol. The smallest absolute Gasteiger partial charge is 0.312 e. The summed E-state index contributed by atoms with van der Waals surface area (Å²) in [5, 5.41) is 0. The lowest BCUT2D eigenvalue weighted by Crippen LogP contribution is -2.33. The summed E-state index contributed by atoms with van der Waals surface area (Å²) in [5.74, 6) is 0. The van der Waals surface area contributed by atoms with Crippen molar-refractivity contribution >= 4 is 20.2 Å². The van der Waals surface area contributed by atoms with Gasteiger partial charge in [0.05, 0.1) is 0 Å². The molecule has 0 unspecified atom stereocenters. The molecule has 0 rings (SSSR count). The summed E-state index contributed by atoms with van der Waals surface area (Å²) in [6.45, 7) is 7.05. The van der Waals surface area contributed by atoms with Gasteiger partial charge in [0, 0.05) is 12.1 Å². The van der Waals surface area contributed by atoms with Crippen LogP contribution in [0.1, 0.15) is 27.7 Å². The average Bonchev–Trinajstić information content (AvgIpc) is 1.54. The van der Waals surface area contributed by atoms with Gasteiger partial charge in [-0.05, 0) is 27.7 Å². The maximum atomic E-state index is 10.8. The van der Waals surface area contributed by atoms with Gasteiger partial charge in [-0.3, -0.25) is 0 Å². The summed E-state index contributed by atoms with van der Waals surface area (Å²) < 4.78 is 12.0. The summed E-state index contributed by atoms with van der Waals surface area (Å²) in [6.07, 6.45) is 0. The summed E-state index contributed by atoms with van der Waals surface area (Å²) in [6, 6.07) is -0.258. The highest BCUT2D eigenvalue weighted by Gasteiger charge is 2.30. The van der Waals surface area contributed by atoms with Gasteiger partial charge in [-0.25, -0.2) is 9.24 Å². The first-order valence-corrected chi connectivity index (χ1v) is 5.17. The third-order valence-electron chi connectivity index (χ3n) is 1.36. The van der Waals surface area contributed by atoms with Crippen LogP contribution in [0.25, 0.3) is 0 Å². The highest BCUT2D eigenvalue weighted by Crippen LogP contribution is 2.43. The largest absolute Gasteiger partial charge is 0.403 e. The fourth-order valence-corrected chi connectivity index (χ4v) is 2.40. The molecule has 0 atom stereocenters. The average molecular weight is 218 g/mol. The van der Waals surface area contributed by atoms with E-state index < -0.39 is 7.75 Å². The monoisotopic (exact) mass is 217 g/mol. The van der Waals surface area contributed by atoms with E-state index in [-0.39, 0.29) is 24.5 Å². The lowest BCUT2D eigenvalue weighted by Gasteiger charge is -2.30. The Balaban J connectivity index is 0. The van der Waals surface area contributed by atoms with Gasteiger partial charge in [0.1, 0.15) is 0 Å². The Morgan fingerprint density at radius 3 is 1.33 bits per heavy atom. The molecule has 0 saturated heterocycles. The van der Waals surface area contributed by atoms with E-state index in [4.69, 9.17) is 9.79 Å². The highest BCUT2D eigenvalue weighted by atomic mass is 35.5. The minimum atomic E-state index is -4.05. The van der Waals surface area contributed by atoms with Gasteiger partial charge in [-0.2, -0.15) is 0 Å². The van der Waals surface area contributed by atoms with Crippen LogP contribution in [0.15, 0.2) is 0 Å². The van der Waals surface area contributed by atoms with Crippen molar-refractivity contribution in [2.75, 3.05) is 0 Å². The Morgan fingerprint density at radius 2 is 1.33 bits per heavy atom. The number of hydrogen-bond acceptors (Lipinski definition) is 1. The standard InChI is InChI=1S/C6H16NO3P.ClH/c1-5(2)7(6(3)4)11(8,9)10;/h5-6H,1-4H3,(H2,8,9,10);1H. The van der Waals surface area contributed by atoms with Gasteiger partial charge in [0.25, 0.3) is 0 Å². The second-order valence-electron chi connectivity index (χ2n) is 3.08. The third-order valence-corrected chi connectivity index (χ3v) is 2.88. The van der Waals surface area contributed by atoms with E-state index in [1.807, 2.05) is 0 Å². The second kappa shape index (κ2) is 5.20. The number of nitrogens with zero attached hydrogens (tertiary/aromatic N) is 1. The highest BCUT2D eigenvalue weighted by molar-refractivity contribution is 7.49. The van der Waals surface area contributed by atoms with Gasteiger partial charge in [0.15, 0.2) is 0 Å². The molecule has 0 aromatic rings. The summed E-state index contributed by atoms with van der Waals surface area (Å²) in [5.41, 5.74) is 0. The Morgan fingerprint density at radius 1 is 1.08 bits per heavy atom. The maximum Gasteiger partial charge on any atom is 0.403 e. The fraction of sp³-hybridized carbons (Fsp3) is 1.00. The summed E-state index contributed by atoms with van der Waals surface area (Å²) >= 11 is 0. The normalized spacial score (nSPS) is 12.4. The number of rotatable bonds is 3. The van der Waals surface area contributed by atoms with E-state index in [0.717, 1.165) is 0 Å². The minimum Gasteiger partial charge on any atom is -0.312 e.